The second-order valence-electron chi connectivity index (χ2n) is 7.30. The summed E-state index contributed by atoms with van der Waals surface area (Å²) in [6.45, 7) is 4.06. The minimum absolute atomic E-state index is 0.223. The van der Waals surface area contributed by atoms with Gasteiger partial charge in [0.15, 0.2) is 5.76 Å². The summed E-state index contributed by atoms with van der Waals surface area (Å²) in [5.74, 6) is 1.55. The molecule has 4 rings (SSSR count). The molecule has 0 aliphatic rings. The molecule has 0 saturated heterocycles. The number of aromatic nitrogens is 1. The van der Waals surface area contributed by atoms with Crippen molar-refractivity contribution in [1.82, 2.24) is 4.98 Å². The summed E-state index contributed by atoms with van der Waals surface area (Å²) in [6.07, 6.45) is 2.36. The number of pyridine rings is 1. The minimum Gasteiger partial charge on any atom is -0.497 e. The third-order valence-corrected chi connectivity index (χ3v) is 6.28. The highest BCUT2D eigenvalue weighted by atomic mass is 32.1. The van der Waals surface area contributed by atoms with E-state index in [1.54, 1.807) is 30.6 Å². The van der Waals surface area contributed by atoms with Gasteiger partial charge in [-0.2, -0.15) is 0 Å². The lowest BCUT2D eigenvalue weighted by molar-refractivity contribution is 0.0997. The van der Waals surface area contributed by atoms with E-state index in [1.807, 2.05) is 49.4 Å². The summed E-state index contributed by atoms with van der Waals surface area (Å²) in [6, 6.07) is 19.1. The number of ether oxygens (including phenoxy) is 1. The average molecular weight is 448 g/mol. The van der Waals surface area contributed by atoms with E-state index in [-0.39, 0.29) is 17.7 Å². The maximum atomic E-state index is 12.7. The Hall–Kier alpha value is -3.58. The number of anilines is 2. The number of carbonyl (C=O) groups excluding carboxylic acids is 1. The molecule has 1 aromatic carbocycles. The predicted molar refractivity (Wildman–Crippen MR) is 128 cm³/mol. The zero-order valence-corrected chi connectivity index (χ0v) is 19.0. The molecule has 2 N–H and O–H groups in total. The number of carbonyl (C=O) groups is 1. The summed E-state index contributed by atoms with van der Waals surface area (Å²) >= 11 is 1.57. The molecule has 164 valence electrons. The van der Waals surface area contributed by atoms with Crippen LogP contribution in [-0.2, 0) is 6.42 Å². The van der Waals surface area contributed by atoms with Gasteiger partial charge >= 0.3 is 0 Å². The van der Waals surface area contributed by atoms with E-state index < -0.39 is 0 Å². The summed E-state index contributed by atoms with van der Waals surface area (Å²) < 4.78 is 10.6. The highest BCUT2D eigenvalue weighted by Gasteiger charge is 2.23. The van der Waals surface area contributed by atoms with Crippen LogP contribution in [0.15, 0.2) is 71.3 Å². The fourth-order valence-corrected chi connectivity index (χ4v) is 4.46. The van der Waals surface area contributed by atoms with E-state index in [1.165, 1.54) is 11.1 Å². The van der Waals surface area contributed by atoms with Gasteiger partial charge in [0.2, 0.25) is 0 Å². The van der Waals surface area contributed by atoms with Crippen LogP contribution in [0.25, 0.3) is 0 Å². The largest absolute Gasteiger partial charge is 0.497 e. The molecule has 0 bridgehead atoms. The van der Waals surface area contributed by atoms with Gasteiger partial charge in [0.05, 0.1) is 19.4 Å². The van der Waals surface area contributed by atoms with Gasteiger partial charge in [-0.15, -0.1) is 11.3 Å². The maximum absolute atomic E-state index is 12.7. The van der Waals surface area contributed by atoms with Crippen molar-refractivity contribution in [1.29, 1.82) is 0 Å². The number of rotatable bonds is 8. The van der Waals surface area contributed by atoms with E-state index in [4.69, 9.17) is 9.15 Å². The third-order valence-electron chi connectivity index (χ3n) is 5.07. The Morgan fingerprint density at radius 2 is 1.97 bits per heavy atom. The van der Waals surface area contributed by atoms with Gasteiger partial charge in [0, 0.05) is 16.1 Å². The zero-order chi connectivity index (χ0) is 22.5. The molecule has 3 heterocycles. The van der Waals surface area contributed by atoms with Crippen LogP contribution in [0.5, 0.6) is 5.75 Å². The summed E-state index contributed by atoms with van der Waals surface area (Å²) in [4.78, 5) is 18.5. The number of hydrogen-bond donors (Lipinski definition) is 2. The van der Waals surface area contributed by atoms with E-state index >= 15 is 0 Å². The Morgan fingerprint density at radius 1 is 1.16 bits per heavy atom. The van der Waals surface area contributed by atoms with Crippen molar-refractivity contribution in [3.05, 3.63) is 94.4 Å². The van der Waals surface area contributed by atoms with Crippen LogP contribution in [0, 0.1) is 6.92 Å². The van der Waals surface area contributed by atoms with Crippen LogP contribution in [-0.4, -0.2) is 18.0 Å². The molecule has 0 unspecified atom stereocenters. The number of hydrogen-bond acceptors (Lipinski definition) is 6. The van der Waals surface area contributed by atoms with Crippen LogP contribution in [0.4, 0.5) is 10.8 Å². The molecular weight excluding hydrogens is 422 g/mol. The van der Waals surface area contributed by atoms with Gasteiger partial charge in [-0.1, -0.05) is 25.1 Å². The number of amides is 1. The lowest BCUT2D eigenvalue weighted by Crippen LogP contribution is -2.17. The SMILES string of the molecule is CCc1cc([C@@H](Nc2cccc(C)n2)c2ccc(OC)cc2)c(NC(=O)c2ccco2)s1. The van der Waals surface area contributed by atoms with E-state index in [0.29, 0.717) is 0 Å². The molecule has 0 aliphatic carbocycles. The second-order valence-corrected chi connectivity index (χ2v) is 8.43. The van der Waals surface area contributed by atoms with Crippen LogP contribution >= 0.6 is 11.3 Å². The van der Waals surface area contributed by atoms with Gasteiger partial charge in [-0.3, -0.25) is 4.79 Å². The van der Waals surface area contributed by atoms with Crippen molar-refractivity contribution >= 4 is 28.1 Å². The highest BCUT2D eigenvalue weighted by molar-refractivity contribution is 7.16. The zero-order valence-electron chi connectivity index (χ0n) is 18.2. The van der Waals surface area contributed by atoms with Crippen molar-refractivity contribution in [2.75, 3.05) is 17.7 Å². The molecule has 0 saturated carbocycles. The molecule has 7 heteroatoms. The van der Waals surface area contributed by atoms with Crippen LogP contribution in [0.2, 0.25) is 0 Å². The number of aryl methyl sites for hydroxylation is 2. The number of nitrogens with zero attached hydrogens (tertiary/aromatic N) is 1. The highest BCUT2D eigenvalue weighted by Crippen LogP contribution is 2.38. The number of nitrogens with one attached hydrogen (secondary N) is 2. The molecular formula is C25H25N3O3S. The topological polar surface area (TPSA) is 76.4 Å². The van der Waals surface area contributed by atoms with E-state index in [2.05, 4.69) is 28.6 Å². The lowest BCUT2D eigenvalue weighted by atomic mass is 9.99. The Morgan fingerprint density at radius 3 is 2.62 bits per heavy atom. The standard InChI is InChI=1S/C25H25N3O3S/c1-4-19-15-20(25(32-19)28-24(29)21-8-6-14-31-21)23(17-10-12-18(30-3)13-11-17)27-22-9-5-7-16(2)26-22/h5-15,23H,4H2,1-3H3,(H,26,27)(H,28,29)/t23-/m0/s1. The Bertz CT molecular complexity index is 1180. The monoisotopic (exact) mass is 447 g/mol. The fourth-order valence-electron chi connectivity index (χ4n) is 3.43. The normalized spacial score (nSPS) is 11.7. The van der Waals surface area contributed by atoms with Crippen LogP contribution in [0.3, 0.4) is 0 Å². The predicted octanol–water partition coefficient (Wildman–Crippen LogP) is 6.07. The van der Waals surface area contributed by atoms with Crippen molar-refractivity contribution in [2.24, 2.45) is 0 Å². The third kappa shape index (κ3) is 4.84. The molecule has 3 aromatic heterocycles. The van der Waals surface area contributed by atoms with Gasteiger partial charge in [-0.05, 0) is 61.4 Å². The smallest absolute Gasteiger partial charge is 0.291 e. The fraction of sp³-hybridized carbons (Fsp3) is 0.200. The summed E-state index contributed by atoms with van der Waals surface area (Å²) in [7, 11) is 1.65. The average Bonchev–Trinajstić information content (AvgIpc) is 3.48. The molecule has 32 heavy (non-hydrogen) atoms. The van der Waals surface area contributed by atoms with Crippen molar-refractivity contribution in [3.8, 4) is 5.75 Å². The Labute approximate surface area is 191 Å². The molecule has 0 spiro atoms. The van der Waals surface area contributed by atoms with Gasteiger partial charge in [0.1, 0.15) is 16.6 Å². The number of methoxy groups -OCH3 is 1. The molecule has 1 amide bonds. The van der Waals surface area contributed by atoms with E-state index in [0.717, 1.165) is 39.8 Å². The van der Waals surface area contributed by atoms with Gasteiger partial charge in [0.25, 0.3) is 5.91 Å². The Balaban J connectivity index is 1.75. The molecule has 0 radical (unpaired) electrons. The quantitative estimate of drug-likeness (QED) is 0.343. The first kappa shape index (κ1) is 21.6. The number of benzene rings is 1. The summed E-state index contributed by atoms with van der Waals surface area (Å²) in [5.41, 5.74) is 2.93. The number of furan rings is 1. The minimum atomic E-state index is -0.275. The Kier molecular flexibility index (Phi) is 6.56. The van der Waals surface area contributed by atoms with Gasteiger partial charge in [-0.25, -0.2) is 4.98 Å². The first-order valence-corrected chi connectivity index (χ1v) is 11.2. The molecule has 0 aliphatic heterocycles. The maximum Gasteiger partial charge on any atom is 0.291 e. The molecule has 0 fully saturated rings. The molecule has 6 nitrogen and oxygen atoms in total. The second kappa shape index (κ2) is 9.70. The number of thiophene rings is 1. The lowest BCUT2D eigenvalue weighted by Gasteiger charge is -2.21. The van der Waals surface area contributed by atoms with Crippen LogP contribution < -0.4 is 15.4 Å². The van der Waals surface area contributed by atoms with E-state index in [9.17, 15) is 4.79 Å². The first-order valence-electron chi connectivity index (χ1n) is 10.4. The molecule has 1 atom stereocenters. The summed E-state index contributed by atoms with van der Waals surface area (Å²) in [5, 5.41) is 7.38. The first-order chi connectivity index (χ1) is 15.6. The van der Waals surface area contributed by atoms with Crippen molar-refractivity contribution < 1.29 is 13.9 Å². The van der Waals surface area contributed by atoms with Crippen molar-refractivity contribution in [3.63, 3.8) is 0 Å². The van der Waals surface area contributed by atoms with Gasteiger partial charge < -0.3 is 19.8 Å². The molecule has 4 aromatic rings. The van der Waals surface area contributed by atoms with Crippen LogP contribution in [0.1, 0.15) is 45.2 Å². The van der Waals surface area contributed by atoms with Crippen molar-refractivity contribution in [2.45, 2.75) is 26.3 Å².